The molecule has 1 saturated heterocycles. The van der Waals surface area contributed by atoms with Crippen LogP contribution in [0.2, 0.25) is 0 Å². The molecule has 0 saturated carbocycles. The summed E-state index contributed by atoms with van der Waals surface area (Å²) in [5.74, 6) is -0.450. The molecule has 3 rings (SSSR count). The average Bonchev–Trinajstić information content (AvgIpc) is 3.46. The Kier molecular flexibility index (Phi) is 11.9. The zero-order valence-corrected chi connectivity index (χ0v) is 26.3. The summed E-state index contributed by atoms with van der Waals surface area (Å²) in [7, 11) is -2.75. The Hall–Kier alpha value is -2.41. The molecule has 1 aliphatic heterocycles. The minimum absolute atomic E-state index is 0.0939. The number of hydrogen-bond acceptors (Lipinski definition) is 16. The molecular weight excluding hydrogens is 611 g/mol. The normalized spacial score (nSPS) is 23.8. The lowest BCUT2D eigenvalue weighted by molar-refractivity contribution is -0.142. The molecule has 1 aliphatic rings. The number of carbonyl (C=O) groups excluding carboxylic acids is 2. The number of ether oxygens (including phenoxy) is 3. The van der Waals surface area contributed by atoms with E-state index in [1.807, 2.05) is 0 Å². The molecule has 0 spiro atoms. The van der Waals surface area contributed by atoms with E-state index in [9.17, 15) is 29.5 Å². The van der Waals surface area contributed by atoms with Gasteiger partial charge < -0.3 is 35.3 Å². The van der Waals surface area contributed by atoms with Crippen molar-refractivity contribution in [2.75, 3.05) is 51.6 Å². The number of nitrogen functional groups attached to an aromatic ring is 1. The van der Waals surface area contributed by atoms with Gasteiger partial charge in [-0.3, -0.25) is 23.2 Å². The highest BCUT2D eigenvalue weighted by Crippen LogP contribution is 2.46. The maximum Gasteiger partial charge on any atom is 0.405 e. The standard InChI is InChI=1S/C24H39N6O11PS/c1-6-38-15(32)7-8-27-42(36,39-9-10-43-21(34)23(2,3)12-31)40-11-14-17(33)24(4,35)20(41-14)30-13-26-16-18(30)28-22(25)29-19(16)37-5/h13-14,17,20,31,33,35H,6-12H2,1-5H3,(H,27,36)(H2,25,28,29)/t14-,17-,20-,24-,42?/m1/s1. The van der Waals surface area contributed by atoms with Crippen LogP contribution in [0.5, 0.6) is 5.88 Å². The van der Waals surface area contributed by atoms with Gasteiger partial charge in [-0.05, 0) is 27.7 Å². The first-order valence-corrected chi connectivity index (χ1v) is 15.9. The maximum absolute atomic E-state index is 13.6. The number of methoxy groups -OCH3 is 1. The number of carbonyl (C=O) groups is 2. The molecule has 0 bridgehead atoms. The van der Waals surface area contributed by atoms with Crippen LogP contribution in [0.4, 0.5) is 5.95 Å². The lowest BCUT2D eigenvalue weighted by Crippen LogP contribution is -2.44. The SMILES string of the molecule is CCOC(=O)CCNP(=O)(OCCSC(=O)C(C)(C)CO)OC[C@H]1O[C@@H](n2cnc3c(OC)nc(N)nc32)[C@](C)(O)[C@@H]1O. The molecular formula is C24H39N6O11PS. The largest absolute Gasteiger partial charge is 0.479 e. The van der Waals surface area contributed by atoms with E-state index in [0.29, 0.717) is 0 Å². The fraction of sp³-hybridized carbons (Fsp3) is 0.708. The number of esters is 1. The van der Waals surface area contributed by atoms with E-state index in [4.69, 9.17) is 29.0 Å². The molecule has 0 aromatic carbocycles. The number of hydrogen-bond donors (Lipinski definition) is 5. The first-order chi connectivity index (χ1) is 20.2. The van der Waals surface area contributed by atoms with Gasteiger partial charge in [0.25, 0.3) is 0 Å². The second-order valence-electron chi connectivity index (χ2n) is 10.4. The fourth-order valence-corrected chi connectivity index (χ4v) is 6.23. The monoisotopic (exact) mass is 650 g/mol. The van der Waals surface area contributed by atoms with E-state index >= 15 is 0 Å². The molecule has 6 N–H and O–H groups in total. The highest BCUT2D eigenvalue weighted by molar-refractivity contribution is 8.13. The molecule has 0 aliphatic carbocycles. The summed E-state index contributed by atoms with van der Waals surface area (Å²) >= 11 is 0.894. The summed E-state index contributed by atoms with van der Waals surface area (Å²) in [6, 6.07) is 0. The van der Waals surface area contributed by atoms with Crippen molar-refractivity contribution in [3.8, 4) is 5.88 Å². The zero-order chi connectivity index (χ0) is 32.0. The van der Waals surface area contributed by atoms with E-state index in [1.165, 1.54) is 24.9 Å². The molecule has 43 heavy (non-hydrogen) atoms. The predicted molar refractivity (Wildman–Crippen MR) is 154 cm³/mol. The van der Waals surface area contributed by atoms with Gasteiger partial charge in [-0.1, -0.05) is 11.8 Å². The number of aliphatic hydroxyl groups excluding tert-OH is 2. The van der Waals surface area contributed by atoms with Crippen molar-refractivity contribution >= 4 is 47.7 Å². The van der Waals surface area contributed by atoms with Gasteiger partial charge in [0.05, 0.1) is 51.7 Å². The Morgan fingerprint density at radius 3 is 2.70 bits per heavy atom. The number of imidazole rings is 1. The Morgan fingerprint density at radius 2 is 2.05 bits per heavy atom. The molecule has 1 fully saturated rings. The number of aromatic nitrogens is 4. The summed E-state index contributed by atoms with van der Waals surface area (Å²) in [6.07, 6.45) is -2.78. The summed E-state index contributed by atoms with van der Waals surface area (Å²) in [5.41, 5.74) is 3.35. The van der Waals surface area contributed by atoms with E-state index in [-0.39, 0.29) is 66.6 Å². The Labute approximate surface area is 252 Å². The zero-order valence-electron chi connectivity index (χ0n) is 24.6. The lowest BCUT2D eigenvalue weighted by Gasteiger charge is -2.27. The van der Waals surface area contributed by atoms with Gasteiger partial charge in [0.1, 0.15) is 17.8 Å². The number of rotatable bonds is 16. The van der Waals surface area contributed by atoms with Crippen molar-refractivity contribution < 1.29 is 52.7 Å². The summed E-state index contributed by atoms with van der Waals surface area (Å²) in [4.78, 5) is 36.4. The Balaban J connectivity index is 1.72. The number of nitrogens with one attached hydrogen (secondary N) is 1. The van der Waals surface area contributed by atoms with Gasteiger partial charge in [0.15, 0.2) is 22.5 Å². The van der Waals surface area contributed by atoms with Crippen LogP contribution >= 0.6 is 19.5 Å². The number of anilines is 1. The second kappa shape index (κ2) is 14.6. The summed E-state index contributed by atoms with van der Waals surface area (Å²) in [5, 5.41) is 33.8. The smallest absolute Gasteiger partial charge is 0.405 e. The van der Waals surface area contributed by atoms with Crippen LogP contribution in [-0.4, -0.2) is 110 Å². The first kappa shape index (κ1) is 35.1. The van der Waals surface area contributed by atoms with Crippen LogP contribution in [0, 0.1) is 5.41 Å². The van der Waals surface area contributed by atoms with Crippen molar-refractivity contribution in [1.82, 2.24) is 24.6 Å². The minimum atomic E-state index is -4.14. The van der Waals surface area contributed by atoms with E-state index < -0.39 is 49.8 Å². The number of thioether (sulfide) groups is 1. The van der Waals surface area contributed by atoms with E-state index in [1.54, 1.807) is 20.8 Å². The van der Waals surface area contributed by atoms with Crippen LogP contribution in [0.3, 0.4) is 0 Å². The Morgan fingerprint density at radius 1 is 1.33 bits per heavy atom. The third-order valence-corrected chi connectivity index (χ3v) is 9.29. The van der Waals surface area contributed by atoms with Crippen LogP contribution in [0.15, 0.2) is 6.33 Å². The molecule has 5 atom stereocenters. The van der Waals surface area contributed by atoms with Crippen molar-refractivity contribution in [3.63, 3.8) is 0 Å². The number of nitrogens with zero attached hydrogens (tertiary/aromatic N) is 4. The minimum Gasteiger partial charge on any atom is -0.479 e. The third kappa shape index (κ3) is 8.40. The molecule has 2 aromatic rings. The van der Waals surface area contributed by atoms with Gasteiger partial charge in [-0.2, -0.15) is 9.97 Å². The number of fused-ring (bicyclic) bond motifs is 1. The second-order valence-corrected chi connectivity index (χ2v) is 13.3. The van der Waals surface area contributed by atoms with Gasteiger partial charge in [0.2, 0.25) is 11.8 Å². The summed E-state index contributed by atoms with van der Waals surface area (Å²) < 4.78 is 42.0. The van der Waals surface area contributed by atoms with Gasteiger partial charge in [-0.15, -0.1) is 0 Å². The van der Waals surface area contributed by atoms with Crippen molar-refractivity contribution in [2.45, 2.75) is 58.2 Å². The van der Waals surface area contributed by atoms with Gasteiger partial charge >= 0.3 is 13.7 Å². The molecule has 242 valence electrons. The number of nitrogens with two attached hydrogens (primary N) is 1. The van der Waals surface area contributed by atoms with Crippen molar-refractivity contribution in [2.24, 2.45) is 5.41 Å². The van der Waals surface area contributed by atoms with Crippen molar-refractivity contribution in [3.05, 3.63) is 6.33 Å². The highest BCUT2D eigenvalue weighted by Gasteiger charge is 2.54. The molecule has 1 unspecified atom stereocenters. The summed E-state index contributed by atoms with van der Waals surface area (Å²) in [6.45, 7) is 5.18. The van der Waals surface area contributed by atoms with Crippen LogP contribution in [0.25, 0.3) is 11.2 Å². The topological polar surface area (TPSA) is 240 Å². The van der Waals surface area contributed by atoms with Crippen molar-refractivity contribution in [1.29, 1.82) is 0 Å². The fourth-order valence-electron chi connectivity index (χ4n) is 3.98. The van der Waals surface area contributed by atoms with Crippen LogP contribution in [-0.2, 0) is 32.7 Å². The number of aliphatic hydroxyl groups is 3. The first-order valence-electron chi connectivity index (χ1n) is 13.4. The van der Waals surface area contributed by atoms with Crippen LogP contribution in [0.1, 0.15) is 40.3 Å². The van der Waals surface area contributed by atoms with Gasteiger partial charge in [0, 0.05) is 12.3 Å². The molecule has 2 aromatic heterocycles. The molecule has 19 heteroatoms. The quantitative estimate of drug-likeness (QED) is 0.0937. The Bertz CT molecular complexity index is 1330. The third-order valence-electron chi connectivity index (χ3n) is 6.48. The predicted octanol–water partition coefficient (Wildman–Crippen LogP) is 0.389. The molecule has 17 nitrogen and oxygen atoms in total. The van der Waals surface area contributed by atoms with Gasteiger partial charge in [-0.25, -0.2) is 14.6 Å². The molecule has 0 radical (unpaired) electrons. The van der Waals surface area contributed by atoms with E-state index in [0.717, 1.165) is 11.8 Å². The highest BCUT2D eigenvalue weighted by atomic mass is 32.2. The molecule has 3 heterocycles. The lowest BCUT2D eigenvalue weighted by atomic mass is 9.96. The molecule has 0 amide bonds. The van der Waals surface area contributed by atoms with Crippen LogP contribution < -0.4 is 15.6 Å². The average molecular weight is 651 g/mol. The maximum atomic E-state index is 13.6. The van der Waals surface area contributed by atoms with E-state index in [2.05, 4.69) is 20.0 Å².